The molecule has 0 aliphatic rings. The first-order valence-corrected chi connectivity index (χ1v) is 10.3. The van der Waals surface area contributed by atoms with Gasteiger partial charge in [-0.3, -0.25) is 14.2 Å². The van der Waals surface area contributed by atoms with Gasteiger partial charge < -0.3 is 9.72 Å². The highest BCUT2D eigenvalue weighted by molar-refractivity contribution is 8.00. The molecule has 4 rings (SSSR count). The van der Waals surface area contributed by atoms with E-state index in [9.17, 15) is 9.59 Å². The molecule has 2 heterocycles. The lowest BCUT2D eigenvalue weighted by Crippen LogP contribution is -2.25. The average molecular weight is 407 g/mol. The molecule has 148 valence electrons. The zero-order chi connectivity index (χ0) is 20.5. The molecule has 1 atom stereocenters. The number of benzene rings is 2. The highest BCUT2D eigenvalue weighted by Crippen LogP contribution is 2.29. The van der Waals surface area contributed by atoms with Gasteiger partial charge in [-0.05, 0) is 38.5 Å². The summed E-state index contributed by atoms with van der Waals surface area (Å²) in [6, 6.07) is 15.3. The van der Waals surface area contributed by atoms with Crippen LogP contribution in [0.5, 0.6) is 0 Å². The number of ether oxygens (including phenoxy) is 1. The van der Waals surface area contributed by atoms with Crippen molar-refractivity contribution in [2.45, 2.75) is 31.2 Å². The fourth-order valence-corrected chi connectivity index (χ4v) is 4.23. The molecule has 0 saturated carbocycles. The van der Waals surface area contributed by atoms with Crippen LogP contribution in [0.2, 0.25) is 0 Å². The van der Waals surface area contributed by atoms with Gasteiger partial charge in [0.15, 0.2) is 5.16 Å². The maximum atomic E-state index is 13.5. The summed E-state index contributed by atoms with van der Waals surface area (Å²) in [5.41, 5.74) is 3.39. The van der Waals surface area contributed by atoms with E-state index >= 15 is 0 Å². The maximum Gasteiger partial charge on any atom is 0.319 e. The predicted molar refractivity (Wildman–Crippen MR) is 116 cm³/mol. The standard InChI is InChI=1S/C22H21N3O3S/c1-4-28-21(27)14(3)29-22-24-18-15-10-6-7-11-16(15)23-19(18)20(26)25(22)17-12-8-5-9-13(17)2/h5-12,14,23H,4H2,1-3H3. The quantitative estimate of drug-likeness (QED) is 0.304. The van der Waals surface area contributed by atoms with Gasteiger partial charge in [-0.25, -0.2) is 4.98 Å². The summed E-state index contributed by atoms with van der Waals surface area (Å²) in [5, 5.41) is 0.837. The van der Waals surface area contributed by atoms with Gasteiger partial charge in [-0.2, -0.15) is 0 Å². The first-order valence-electron chi connectivity index (χ1n) is 9.44. The molecule has 0 fully saturated rings. The molecule has 2 aromatic heterocycles. The summed E-state index contributed by atoms with van der Waals surface area (Å²) in [4.78, 5) is 33.7. The van der Waals surface area contributed by atoms with Crippen LogP contribution in [0, 0.1) is 6.92 Å². The summed E-state index contributed by atoms with van der Waals surface area (Å²) < 4.78 is 6.71. The average Bonchev–Trinajstić information content (AvgIpc) is 3.08. The Balaban J connectivity index is 1.99. The topological polar surface area (TPSA) is 77.0 Å². The number of aromatic amines is 1. The summed E-state index contributed by atoms with van der Waals surface area (Å²) in [6.45, 7) is 5.79. The van der Waals surface area contributed by atoms with E-state index in [1.807, 2.05) is 55.5 Å². The Bertz CT molecular complexity index is 1280. The SMILES string of the molecule is CCOC(=O)C(C)Sc1nc2c([nH]c3ccccc32)c(=O)n1-c1ccccc1C. The molecule has 4 aromatic rings. The van der Waals surface area contributed by atoms with E-state index in [2.05, 4.69) is 4.98 Å². The first-order chi connectivity index (χ1) is 14.0. The monoisotopic (exact) mass is 407 g/mol. The van der Waals surface area contributed by atoms with Crippen molar-refractivity contribution in [1.29, 1.82) is 0 Å². The number of aromatic nitrogens is 3. The first kappa shape index (κ1) is 19.3. The number of aryl methyl sites for hydroxylation is 1. The van der Waals surface area contributed by atoms with Gasteiger partial charge in [0.05, 0.1) is 12.3 Å². The molecule has 0 bridgehead atoms. The van der Waals surface area contributed by atoms with E-state index in [0.29, 0.717) is 22.8 Å². The number of nitrogens with one attached hydrogen (secondary N) is 1. The summed E-state index contributed by atoms with van der Waals surface area (Å²) in [6.07, 6.45) is 0. The summed E-state index contributed by atoms with van der Waals surface area (Å²) >= 11 is 1.23. The van der Waals surface area contributed by atoms with Crippen molar-refractivity contribution in [3.8, 4) is 5.69 Å². The third kappa shape index (κ3) is 3.42. The van der Waals surface area contributed by atoms with Crippen LogP contribution >= 0.6 is 11.8 Å². The molecule has 7 heteroatoms. The van der Waals surface area contributed by atoms with E-state index in [1.165, 1.54) is 11.8 Å². The third-order valence-corrected chi connectivity index (χ3v) is 5.78. The molecule has 0 aliphatic heterocycles. The van der Waals surface area contributed by atoms with E-state index < -0.39 is 5.25 Å². The van der Waals surface area contributed by atoms with Crippen molar-refractivity contribution < 1.29 is 9.53 Å². The fraction of sp³-hybridized carbons (Fsp3) is 0.227. The Morgan fingerprint density at radius 3 is 2.69 bits per heavy atom. The van der Waals surface area contributed by atoms with E-state index in [0.717, 1.165) is 22.2 Å². The lowest BCUT2D eigenvalue weighted by molar-refractivity contribution is -0.142. The lowest BCUT2D eigenvalue weighted by Gasteiger charge is -2.16. The second-order valence-corrected chi connectivity index (χ2v) is 8.04. The van der Waals surface area contributed by atoms with Crippen molar-refractivity contribution >= 4 is 39.7 Å². The van der Waals surface area contributed by atoms with Gasteiger partial charge in [0.2, 0.25) is 0 Å². The Kier molecular flexibility index (Phi) is 5.15. The number of esters is 1. The van der Waals surface area contributed by atoms with E-state index in [1.54, 1.807) is 18.4 Å². The van der Waals surface area contributed by atoms with Crippen LogP contribution in [0.25, 0.3) is 27.6 Å². The van der Waals surface area contributed by atoms with Gasteiger partial charge in [0, 0.05) is 10.9 Å². The smallest absolute Gasteiger partial charge is 0.319 e. The normalized spacial score (nSPS) is 12.4. The van der Waals surface area contributed by atoms with Gasteiger partial charge in [0.1, 0.15) is 16.3 Å². The molecule has 0 spiro atoms. The number of H-pyrrole nitrogens is 1. The summed E-state index contributed by atoms with van der Waals surface area (Å²) in [7, 11) is 0. The molecule has 1 N–H and O–H groups in total. The van der Waals surface area contributed by atoms with E-state index in [4.69, 9.17) is 9.72 Å². The molecule has 0 radical (unpaired) electrons. The largest absolute Gasteiger partial charge is 0.465 e. The lowest BCUT2D eigenvalue weighted by atomic mass is 10.2. The Labute approximate surface area is 171 Å². The molecule has 0 aliphatic carbocycles. The minimum Gasteiger partial charge on any atom is -0.465 e. The zero-order valence-corrected chi connectivity index (χ0v) is 17.2. The fourth-order valence-electron chi connectivity index (χ4n) is 3.31. The van der Waals surface area contributed by atoms with Crippen LogP contribution in [0.1, 0.15) is 19.4 Å². The Hall–Kier alpha value is -3.06. The molecular weight excluding hydrogens is 386 g/mol. The van der Waals surface area contributed by atoms with Crippen LogP contribution in [0.3, 0.4) is 0 Å². The predicted octanol–water partition coefficient (Wildman–Crippen LogP) is 4.22. The van der Waals surface area contributed by atoms with Crippen LogP contribution in [0.15, 0.2) is 58.5 Å². The van der Waals surface area contributed by atoms with Crippen molar-refractivity contribution in [3.05, 3.63) is 64.4 Å². The minimum atomic E-state index is -0.500. The number of fused-ring (bicyclic) bond motifs is 3. The highest BCUT2D eigenvalue weighted by Gasteiger charge is 2.23. The van der Waals surface area contributed by atoms with Crippen molar-refractivity contribution in [3.63, 3.8) is 0 Å². The number of para-hydroxylation sites is 2. The second-order valence-electron chi connectivity index (χ2n) is 6.73. The number of hydrogen-bond acceptors (Lipinski definition) is 5. The number of thioether (sulfide) groups is 1. The molecule has 0 amide bonds. The minimum absolute atomic E-state index is 0.195. The molecule has 0 saturated heterocycles. The third-order valence-electron chi connectivity index (χ3n) is 4.75. The molecule has 1 unspecified atom stereocenters. The summed E-state index contributed by atoms with van der Waals surface area (Å²) in [5.74, 6) is -0.331. The van der Waals surface area contributed by atoms with Crippen molar-refractivity contribution in [2.75, 3.05) is 6.61 Å². The van der Waals surface area contributed by atoms with Crippen molar-refractivity contribution in [2.24, 2.45) is 0 Å². The number of rotatable bonds is 5. The Morgan fingerprint density at radius 1 is 1.21 bits per heavy atom. The van der Waals surface area contributed by atoms with Gasteiger partial charge >= 0.3 is 5.97 Å². The van der Waals surface area contributed by atoms with Crippen LogP contribution in [-0.2, 0) is 9.53 Å². The Morgan fingerprint density at radius 2 is 1.93 bits per heavy atom. The number of carbonyl (C=O) groups excluding carboxylic acids is 1. The number of nitrogens with zero attached hydrogens (tertiary/aromatic N) is 2. The van der Waals surface area contributed by atoms with Crippen LogP contribution in [0.4, 0.5) is 0 Å². The number of carbonyl (C=O) groups is 1. The van der Waals surface area contributed by atoms with Gasteiger partial charge in [-0.15, -0.1) is 0 Å². The van der Waals surface area contributed by atoms with Gasteiger partial charge in [0.25, 0.3) is 5.56 Å². The zero-order valence-electron chi connectivity index (χ0n) is 16.4. The molecule has 2 aromatic carbocycles. The second kappa shape index (κ2) is 7.75. The van der Waals surface area contributed by atoms with Crippen molar-refractivity contribution in [1.82, 2.24) is 14.5 Å². The van der Waals surface area contributed by atoms with E-state index in [-0.39, 0.29) is 11.5 Å². The van der Waals surface area contributed by atoms with Crippen LogP contribution in [-0.4, -0.2) is 32.4 Å². The molecule has 29 heavy (non-hydrogen) atoms. The van der Waals surface area contributed by atoms with Gasteiger partial charge in [-0.1, -0.05) is 48.2 Å². The van der Waals surface area contributed by atoms with Crippen LogP contribution < -0.4 is 5.56 Å². The maximum absolute atomic E-state index is 13.5. The number of hydrogen-bond donors (Lipinski definition) is 1. The molecular formula is C22H21N3O3S. The molecule has 6 nitrogen and oxygen atoms in total. The highest BCUT2D eigenvalue weighted by atomic mass is 32.2.